The van der Waals surface area contributed by atoms with E-state index in [4.69, 9.17) is 4.74 Å². The summed E-state index contributed by atoms with van der Waals surface area (Å²) in [7, 11) is 0. The van der Waals surface area contributed by atoms with E-state index < -0.39 is 0 Å². The topological polar surface area (TPSA) is 38.3 Å². The molecule has 19 heavy (non-hydrogen) atoms. The minimum Gasteiger partial charge on any atom is -0.492 e. The van der Waals surface area contributed by atoms with Crippen LogP contribution in [0.25, 0.3) is 0 Å². The Bertz CT molecular complexity index is 627. The van der Waals surface area contributed by atoms with Crippen molar-refractivity contribution in [1.82, 2.24) is 0 Å². The van der Waals surface area contributed by atoms with Gasteiger partial charge in [-0.25, -0.2) is 0 Å². The molecule has 1 atom stereocenters. The van der Waals surface area contributed by atoms with Gasteiger partial charge in [0.1, 0.15) is 18.3 Å². The van der Waals surface area contributed by atoms with E-state index in [1.165, 1.54) is 0 Å². The van der Waals surface area contributed by atoms with Gasteiger partial charge in [-0.05, 0) is 46.9 Å². The highest BCUT2D eigenvalue weighted by atomic mass is 127. The molecular weight excluding hydrogens is 353 g/mol. The molecule has 2 aromatic carbocycles. The zero-order valence-corrected chi connectivity index (χ0v) is 12.3. The minimum absolute atomic E-state index is 0.0213. The number of hydrogen-bond acceptors (Lipinski definition) is 2. The summed E-state index contributed by atoms with van der Waals surface area (Å²) < 4.78 is 6.63. The lowest BCUT2D eigenvalue weighted by atomic mass is 10.0. The van der Waals surface area contributed by atoms with E-state index in [0.29, 0.717) is 6.61 Å². The van der Waals surface area contributed by atoms with Gasteiger partial charge in [0.2, 0.25) is 5.91 Å². The zero-order chi connectivity index (χ0) is 13.2. The Morgan fingerprint density at radius 2 is 2.05 bits per heavy atom. The fourth-order valence-electron chi connectivity index (χ4n) is 2.18. The fourth-order valence-corrected chi connectivity index (χ4v) is 2.72. The van der Waals surface area contributed by atoms with E-state index in [1.807, 2.05) is 48.5 Å². The molecule has 1 heterocycles. The maximum atomic E-state index is 12.3. The van der Waals surface area contributed by atoms with Crippen molar-refractivity contribution >= 4 is 34.2 Å². The highest BCUT2D eigenvalue weighted by molar-refractivity contribution is 14.1. The molecule has 0 saturated heterocycles. The lowest BCUT2D eigenvalue weighted by molar-refractivity contribution is -0.117. The Morgan fingerprint density at radius 1 is 1.21 bits per heavy atom. The molecule has 1 amide bonds. The molecule has 1 unspecified atom stereocenters. The number of rotatable bonds is 2. The summed E-state index contributed by atoms with van der Waals surface area (Å²) in [5.41, 5.74) is 1.78. The second-order valence-corrected chi connectivity index (χ2v) is 5.65. The summed E-state index contributed by atoms with van der Waals surface area (Å²) >= 11 is 2.22. The molecule has 3 rings (SSSR count). The Balaban J connectivity index is 1.79. The highest BCUT2D eigenvalue weighted by Crippen LogP contribution is 2.34. The molecule has 0 fully saturated rings. The van der Waals surface area contributed by atoms with E-state index in [1.54, 1.807) is 0 Å². The number of hydrogen-bond donors (Lipinski definition) is 1. The van der Waals surface area contributed by atoms with Crippen molar-refractivity contribution in [2.45, 2.75) is 5.92 Å². The average molecular weight is 365 g/mol. The van der Waals surface area contributed by atoms with Crippen LogP contribution in [-0.2, 0) is 4.79 Å². The molecule has 0 spiro atoms. The molecule has 0 aliphatic carbocycles. The number of anilines is 1. The number of nitrogens with one attached hydrogen (secondary N) is 1. The summed E-state index contributed by atoms with van der Waals surface area (Å²) in [5.74, 6) is 0.561. The largest absolute Gasteiger partial charge is 0.492 e. The third kappa shape index (κ3) is 2.58. The van der Waals surface area contributed by atoms with Gasteiger partial charge in [0.15, 0.2) is 0 Å². The van der Waals surface area contributed by atoms with Gasteiger partial charge < -0.3 is 10.1 Å². The lowest BCUT2D eigenvalue weighted by Crippen LogP contribution is -2.22. The van der Waals surface area contributed by atoms with Gasteiger partial charge >= 0.3 is 0 Å². The molecule has 2 aromatic rings. The van der Waals surface area contributed by atoms with Crippen LogP contribution in [0.1, 0.15) is 11.5 Å². The first-order valence-corrected chi connectivity index (χ1v) is 7.10. The number of halogens is 1. The van der Waals surface area contributed by atoms with Crippen molar-refractivity contribution in [3.8, 4) is 5.75 Å². The second-order valence-electron chi connectivity index (χ2n) is 4.40. The van der Waals surface area contributed by atoms with Crippen LogP contribution in [0.4, 0.5) is 5.69 Å². The number of amides is 1. The van der Waals surface area contributed by atoms with E-state index in [2.05, 4.69) is 27.9 Å². The monoisotopic (exact) mass is 365 g/mol. The number of carbonyl (C=O) groups excluding carboxylic acids is 1. The number of para-hydroxylation sites is 1. The first-order valence-electron chi connectivity index (χ1n) is 6.02. The van der Waals surface area contributed by atoms with Gasteiger partial charge in [-0.1, -0.05) is 24.3 Å². The predicted octanol–water partition coefficient (Wildman–Crippen LogP) is 3.41. The van der Waals surface area contributed by atoms with Gasteiger partial charge in [0, 0.05) is 14.8 Å². The van der Waals surface area contributed by atoms with Crippen molar-refractivity contribution in [3.05, 3.63) is 57.7 Å². The van der Waals surface area contributed by atoms with Gasteiger partial charge in [-0.15, -0.1) is 0 Å². The molecule has 0 saturated carbocycles. The zero-order valence-electron chi connectivity index (χ0n) is 10.1. The molecule has 0 radical (unpaired) electrons. The molecular formula is C15H12INO2. The third-order valence-corrected chi connectivity index (χ3v) is 3.78. The van der Waals surface area contributed by atoms with Crippen LogP contribution in [0.15, 0.2) is 48.5 Å². The number of fused-ring (bicyclic) bond motifs is 1. The summed E-state index contributed by atoms with van der Waals surface area (Å²) in [6.45, 7) is 0.412. The average Bonchev–Trinajstić information content (AvgIpc) is 2.82. The molecule has 3 nitrogen and oxygen atoms in total. The molecule has 1 aliphatic heterocycles. The van der Waals surface area contributed by atoms with Crippen molar-refractivity contribution in [1.29, 1.82) is 0 Å². The summed E-state index contributed by atoms with van der Waals surface area (Å²) in [6.07, 6.45) is 0. The van der Waals surface area contributed by atoms with E-state index >= 15 is 0 Å². The Morgan fingerprint density at radius 3 is 2.89 bits per heavy atom. The maximum absolute atomic E-state index is 12.3. The second kappa shape index (κ2) is 5.21. The Labute approximate surface area is 125 Å². The van der Waals surface area contributed by atoms with Gasteiger partial charge in [0.05, 0.1) is 0 Å². The maximum Gasteiger partial charge on any atom is 0.235 e. The van der Waals surface area contributed by atoms with Crippen LogP contribution in [-0.4, -0.2) is 12.5 Å². The molecule has 4 heteroatoms. The molecule has 96 valence electrons. The number of carbonyl (C=O) groups is 1. The van der Waals surface area contributed by atoms with Crippen LogP contribution in [0, 0.1) is 3.57 Å². The normalized spacial score (nSPS) is 16.6. The summed E-state index contributed by atoms with van der Waals surface area (Å²) in [5, 5.41) is 2.94. The first kappa shape index (κ1) is 12.5. The summed E-state index contributed by atoms with van der Waals surface area (Å²) in [4.78, 5) is 12.3. The minimum atomic E-state index is -0.228. The Hall–Kier alpha value is -1.56. The van der Waals surface area contributed by atoms with Gasteiger partial charge in [-0.2, -0.15) is 0 Å². The third-order valence-electron chi connectivity index (χ3n) is 3.11. The number of benzene rings is 2. The molecule has 1 aliphatic rings. The highest BCUT2D eigenvalue weighted by Gasteiger charge is 2.29. The van der Waals surface area contributed by atoms with Crippen molar-refractivity contribution in [2.24, 2.45) is 0 Å². The fraction of sp³-hybridized carbons (Fsp3) is 0.133. The SMILES string of the molecule is O=C(Nc1cccc(I)c1)C1COc2ccccc21. The summed E-state index contributed by atoms with van der Waals surface area (Å²) in [6, 6.07) is 15.4. The molecule has 1 N–H and O–H groups in total. The van der Waals surface area contributed by atoms with Crippen molar-refractivity contribution in [2.75, 3.05) is 11.9 Å². The number of ether oxygens (including phenoxy) is 1. The van der Waals surface area contributed by atoms with Crippen molar-refractivity contribution in [3.63, 3.8) is 0 Å². The van der Waals surface area contributed by atoms with E-state index in [-0.39, 0.29) is 11.8 Å². The van der Waals surface area contributed by atoms with E-state index in [9.17, 15) is 4.79 Å². The predicted molar refractivity (Wildman–Crippen MR) is 82.5 cm³/mol. The van der Waals surface area contributed by atoms with Crippen LogP contribution < -0.4 is 10.1 Å². The van der Waals surface area contributed by atoms with Gasteiger partial charge in [0.25, 0.3) is 0 Å². The smallest absolute Gasteiger partial charge is 0.235 e. The molecule has 0 aromatic heterocycles. The van der Waals surface area contributed by atoms with Crippen molar-refractivity contribution < 1.29 is 9.53 Å². The van der Waals surface area contributed by atoms with Gasteiger partial charge in [-0.3, -0.25) is 4.79 Å². The quantitative estimate of drug-likeness (QED) is 0.829. The lowest BCUT2D eigenvalue weighted by Gasteiger charge is -2.10. The standard InChI is InChI=1S/C15H12INO2/c16-10-4-3-5-11(8-10)17-15(18)13-9-19-14-7-2-1-6-12(13)14/h1-8,13H,9H2,(H,17,18). The Kier molecular flexibility index (Phi) is 3.42. The first-order chi connectivity index (χ1) is 9.24. The van der Waals surface area contributed by atoms with Crippen LogP contribution in [0.2, 0.25) is 0 Å². The van der Waals surface area contributed by atoms with Crippen LogP contribution in [0.3, 0.4) is 0 Å². The van der Waals surface area contributed by atoms with Crippen LogP contribution in [0.5, 0.6) is 5.75 Å². The molecule has 0 bridgehead atoms. The van der Waals surface area contributed by atoms with Crippen LogP contribution >= 0.6 is 22.6 Å². The van der Waals surface area contributed by atoms with E-state index in [0.717, 1.165) is 20.6 Å².